The van der Waals surface area contributed by atoms with Gasteiger partial charge in [0, 0.05) is 30.9 Å². The van der Waals surface area contributed by atoms with E-state index in [4.69, 9.17) is 5.73 Å². The van der Waals surface area contributed by atoms with Gasteiger partial charge in [-0.2, -0.15) is 0 Å². The van der Waals surface area contributed by atoms with Crippen molar-refractivity contribution in [3.05, 3.63) is 58.4 Å². The highest BCUT2D eigenvalue weighted by Crippen LogP contribution is 2.22. The van der Waals surface area contributed by atoms with Gasteiger partial charge in [-0.1, -0.05) is 37.3 Å². The predicted octanol–water partition coefficient (Wildman–Crippen LogP) is 3.15. The normalized spacial score (nSPS) is 10.3. The van der Waals surface area contributed by atoms with E-state index >= 15 is 0 Å². The Morgan fingerprint density at radius 3 is 2.35 bits per heavy atom. The quantitative estimate of drug-likeness (QED) is 0.693. The van der Waals surface area contributed by atoms with Gasteiger partial charge in [-0.3, -0.25) is 9.59 Å². The number of amides is 1. The number of nitrogens with zero attached hydrogens (tertiary/aromatic N) is 1. The molecule has 1 aromatic carbocycles. The van der Waals surface area contributed by atoms with Gasteiger partial charge in [0.2, 0.25) is 0 Å². The number of aryl methyl sites for hydroxylation is 1. The van der Waals surface area contributed by atoms with Crippen LogP contribution in [0.1, 0.15) is 51.5 Å². The van der Waals surface area contributed by atoms with E-state index in [-0.39, 0.29) is 24.1 Å². The Morgan fingerprint density at radius 1 is 1.15 bits per heavy atom. The van der Waals surface area contributed by atoms with Gasteiger partial charge in [0.15, 0.2) is 5.78 Å². The van der Waals surface area contributed by atoms with Crippen molar-refractivity contribution in [2.75, 3.05) is 19.6 Å². The maximum Gasteiger partial charge on any atom is 0.270 e. The molecule has 0 aliphatic rings. The number of rotatable bonds is 8. The van der Waals surface area contributed by atoms with Crippen molar-refractivity contribution >= 4 is 24.1 Å². The molecular weight excluding hydrogens is 350 g/mol. The summed E-state index contributed by atoms with van der Waals surface area (Å²) in [6.45, 7) is 6.82. The van der Waals surface area contributed by atoms with Gasteiger partial charge >= 0.3 is 0 Å². The van der Waals surface area contributed by atoms with E-state index < -0.39 is 0 Å². The smallest absolute Gasteiger partial charge is 0.270 e. The van der Waals surface area contributed by atoms with E-state index in [1.165, 1.54) is 12.5 Å². The van der Waals surface area contributed by atoms with E-state index in [2.05, 4.69) is 17.1 Å². The summed E-state index contributed by atoms with van der Waals surface area (Å²) in [5.74, 6) is -0.104. The van der Waals surface area contributed by atoms with E-state index in [0.29, 0.717) is 37.3 Å². The Bertz CT molecular complexity index is 741. The summed E-state index contributed by atoms with van der Waals surface area (Å²) in [7, 11) is 0. The molecule has 0 aliphatic carbocycles. The Hall–Kier alpha value is -2.11. The van der Waals surface area contributed by atoms with Crippen molar-refractivity contribution < 1.29 is 9.59 Å². The fourth-order valence-electron chi connectivity index (χ4n) is 3.23. The summed E-state index contributed by atoms with van der Waals surface area (Å²) >= 11 is 0. The number of hydrogen-bond acceptors (Lipinski definition) is 3. The lowest BCUT2D eigenvalue weighted by Crippen LogP contribution is -2.37. The number of carbonyl (C=O) groups is 2. The molecule has 1 heterocycles. The monoisotopic (exact) mass is 377 g/mol. The highest BCUT2D eigenvalue weighted by Gasteiger charge is 2.24. The molecular formula is C20H28ClN3O2. The number of carbonyl (C=O) groups excluding carboxylic acids is 2. The topological polar surface area (TPSA) is 79.2 Å². The third kappa shape index (κ3) is 4.96. The predicted molar refractivity (Wildman–Crippen MR) is 107 cm³/mol. The maximum atomic E-state index is 13.1. The number of H-pyrrole nitrogens is 1. The van der Waals surface area contributed by atoms with E-state index in [1.807, 2.05) is 32.0 Å². The summed E-state index contributed by atoms with van der Waals surface area (Å²) in [6, 6.07) is 10.1. The Morgan fingerprint density at radius 2 is 1.81 bits per heavy atom. The van der Waals surface area contributed by atoms with E-state index in [9.17, 15) is 9.59 Å². The molecule has 3 N–H and O–H groups in total. The lowest BCUT2D eigenvalue weighted by Gasteiger charge is -2.22. The number of aromatic amines is 1. The largest absolute Gasteiger partial charge is 0.354 e. The fourth-order valence-corrected chi connectivity index (χ4v) is 3.23. The molecule has 0 bridgehead atoms. The Labute approximate surface area is 161 Å². The SMILES string of the molecule is CCc1c(C(=O)N(CCN)CCc2ccccc2)[nH]c(C)c1C(C)=O.Cl. The first kappa shape index (κ1) is 21.9. The summed E-state index contributed by atoms with van der Waals surface area (Å²) in [5, 5.41) is 0. The number of aromatic nitrogens is 1. The standard InChI is InChI=1S/C20H27N3O2.ClH/c1-4-17-18(15(3)24)14(2)22-19(17)20(25)23(13-11-21)12-10-16-8-6-5-7-9-16;/h5-9,22H,4,10-13,21H2,1-3H3;1H. The number of hydrogen-bond donors (Lipinski definition) is 2. The summed E-state index contributed by atoms with van der Waals surface area (Å²) in [4.78, 5) is 29.9. The zero-order valence-corrected chi connectivity index (χ0v) is 16.5. The minimum absolute atomic E-state index is 0. The maximum absolute atomic E-state index is 13.1. The van der Waals surface area contributed by atoms with Crippen LogP contribution in [0, 0.1) is 6.92 Å². The highest BCUT2D eigenvalue weighted by atomic mass is 35.5. The molecule has 0 saturated carbocycles. The number of ketones is 1. The number of halogens is 1. The molecule has 0 atom stereocenters. The summed E-state index contributed by atoms with van der Waals surface area (Å²) < 4.78 is 0. The third-order valence-corrected chi connectivity index (χ3v) is 4.41. The zero-order valence-electron chi connectivity index (χ0n) is 15.7. The number of Topliss-reactive ketones (excluding diaryl/α,β-unsaturated/α-hetero) is 1. The van der Waals surface area contributed by atoms with Crippen LogP contribution in [-0.2, 0) is 12.8 Å². The molecule has 6 heteroatoms. The molecule has 142 valence electrons. The molecule has 0 spiro atoms. The first-order valence-electron chi connectivity index (χ1n) is 8.75. The van der Waals surface area contributed by atoms with Crippen molar-refractivity contribution in [1.29, 1.82) is 0 Å². The number of benzene rings is 1. The van der Waals surface area contributed by atoms with Crippen LogP contribution < -0.4 is 5.73 Å². The Balaban J connectivity index is 0.00000338. The van der Waals surface area contributed by atoms with Gasteiger partial charge in [0.05, 0.1) is 0 Å². The van der Waals surface area contributed by atoms with Crippen LogP contribution in [0.2, 0.25) is 0 Å². The van der Waals surface area contributed by atoms with Crippen LogP contribution in [-0.4, -0.2) is 41.2 Å². The average Bonchev–Trinajstić information content (AvgIpc) is 2.95. The average molecular weight is 378 g/mol. The molecule has 2 rings (SSSR count). The summed E-state index contributed by atoms with van der Waals surface area (Å²) in [5.41, 5.74) is 9.61. The molecule has 5 nitrogen and oxygen atoms in total. The second kappa shape index (κ2) is 10.1. The van der Waals surface area contributed by atoms with Gasteiger partial charge in [-0.25, -0.2) is 0 Å². The second-order valence-corrected chi connectivity index (χ2v) is 6.20. The molecule has 0 radical (unpaired) electrons. The van der Waals surface area contributed by atoms with Crippen LogP contribution in [0.25, 0.3) is 0 Å². The van der Waals surface area contributed by atoms with E-state index in [1.54, 1.807) is 4.90 Å². The van der Waals surface area contributed by atoms with Gasteiger partial charge in [-0.05, 0) is 37.8 Å². The minimum Gasteiger partial charge on any atom is -0.354 e. The van der Waals surface area contributed by atoms with Crippen molar-refractivity contribution in [2.24, 2.45) is 5.73 Å². The minimum atomic E-state index is -0.0890. The first-order valence-corrected chi connectivity index (χ1v) is 8.75. The molecule has 1 aromatic heterocycles. The van der Waals surface area contributed by atoms with Crippen molar-refractivity contribution in [3.8, 4) is 0 Å². The van der Waals surface area contributed by atoms with Crippen LogP contribution in [0.3, 0.4) is 0 Å². The Kier molecular flexibility index (Phi) is 8.55. The molecule has 0 saturated heterocycles. The highest BCUT2D eigenvalue weighted by molar-refractivity contribution is 6.02. The molecule has 0 fully saturated rings. The summed E-state index contributed by atoms with van der Waals surface area (Å²) in [6.07, 6.45) is 1.41. The number of nitrogens with one attached hydrogen (secondary N) is 1. The van der Waals surface area contributed by atoms with Crippen LogP contribution in [0.4, 0.5) is 0 Å². The molecule has 0 unspecified atom stereocenters. The van der Waals surface area contributed by atoms with Crippen molar-refractivity contribution in [2.45, 2.75) is 33.6 Å². The lowest BCUT2D eigenvalue weighted by atomic mass is 10.0. The van der Waals surface area contributed by atoms with Crippen LogP contribution in [0.15, 0.2) is 30.3 Å². The zero-order chi connectivity index (χ0) is 18.4. The molecule has 26 heavy (non-hydrogen) atoms. The van der Waals surface area contributed by atoms with Crippen LogP contribution in [0.5, 0.6) is 0 Å². The molecule has 2 aromatic rings. The fraction of sp³-hybridized carbons (Fsp3) is 0.400. The van der Waals surface area contributed by atoms with Gasteiger partial charge < -0.3 is 15.6 Å². The van der Waals surface area contributed by atoms with Crippen molar-refractivity contribution in [3.63, 3.8) is 0 Å². The van der Waals surface area contributed by atoms with Crippen LogP contribution >= 0.6 is 12.4 Å². The lowest BCUT2D eigenvalue weighted by molar-refractivity contribution is 0.0755. The third-order valence-electron chi connectivity index (χ3n) is 4.41. The first-order chi connectivity index (χ1) is 12.0. The second-order valence-electron chi connectivity index (χ2n) is 6.20. The van der Waals surface area contributed by atoms with Crippen molar-refractivity contribution in [1.82, 2.24) is 9.88 Å². The number of nitrogens with two attached hydrogens (primary N) is 1. The van der Waals surface area contributed by atoms with E-state index in [0.717, 1.165) is 17.7 Å². The van der Waals surface area contributed by atoms with Gasteiger partial charge in [0.1, 0.15) is 5.69 Å². The van der Waals surface area contributed by atoms with Gasteiger partial charge in [0.25, 0.3) is 5.91 Å². The molecule has 0 aliphatic heterocycles. The van der Waals surface area contributed by atoms with Gasteiger partial charge in [-0.15, -0.1) is 12.4 Å². The molecule has 1 amide bonds.